The molecule has 1 aromatic carbocycles. The van der Waals surface area contributed by atoms with Gasteiger partial charge < -0.3 is 15.0 Å². The summed E-state index contributed by atoms with van der Waals surface area (Å²) in [6.45, 7) is 3.27. The molecule has 2 atom stereocenters. The largest absolute Gasteiger partial charge is 0.381 e. The van der Waals surface area contributed by atoms with Crippen LogP contribution in [0.15, 0.2) is 24.3 Å². The molecule has 1 aromatic rings. The minimum atomic E-state index is 0.0324. The Morgan fingerprint density at radius 2 is 1.96 bits per heavy atom. The minimum Gasteiger partial charge on any atom is -0.381 e. The fraction of sp³-hybridized carbons (Fsp3) is 0.632. The van der Waals surface area contributed by atoms with Crippen LogP contribution in [0.2, 0.25) is 0 Å². The number of hydrogen-bond donors (Lipinski definition) is 1. The van der Waals surface area contributed by atoms with Gasteiger partial charge in [0.1, 0.15) is 0 Å². The van der Waals surface area contributed by atoms with E-state index in [1.807, 2.05) is 17.0 Å². The second-order valence-corrected chi connectivity index (χ2v) is 8.60. The Balaban J connectivity index is 1.31. The van der Waals surface area contributed by atoms with E-state index in [4.69, 9.17) is 4.74 Å². The van der Waals surface area contributed by atoms with Gasteiger partial charge >= 0.3 is 6.03 Å². The van der Waals surface area contributed by atoms with Gasteiger partial charge in [0, 0.05) is 41.6 Å². The van der Waals surface area contributed by atoms with Crippen molar-refractivity contribution < 1.29 is 9.53 Å². The summed E-state index contributed by atoms with van der Waals surface area (Å²) in [5.74, 6) is 2.11. The topological polar surface area (TPSA) is 41.6 Å². The number of nitrogens with zero attached hydrogens (tertiary/aromatic N) is 1. The number of fused-ring (bicyclic) bond motifs is 1. The first-order valence-electron chi connectivity index (χ1n) is 9.12. The van der Waals surface area contributed by atoms with Crippen LogP contribution in [0.3, 0.4) is 0 Å². The Labute approximate surface area is 148 Å². The van der Waals surface area contributed by atoms with Crippen LogP contribution in [-0.2, 0) is 10.5 Å². The molecule has 3 fully saturated rings. The number of carbonyl (C=O) groups is 1. The molecule has 4 rings (SSSR count). The lowest BCUT2D eigenvalue weighted by molar-refractivity contribution is 0.158. The summed E-state index contributed by atoms with van der Waals surface area (Å²) >= 11 is 2.06. The molecule has 1 saturated carbocycles. The highest BCUT2D eigenvalue weighted by molar-refractivity contribution is 7.99. The molecule has 2 aliphatic heterocycles. The molecule has 1 aliphatic carbocycles. The van der Waals surface area contributed by atoms with E-state index < -0.39 is 0 Å². The van der Waals surface area contributed by atoms with Crippen LogP contribution in [0, 0.1) is 11.8 Å². The Kier molecular flexibility index (Phi) is 4.99. The van der Waals surface area contributed by atoms with Gasteiger partial charge in [-0.15, -0.1) is 0 Å². The van der Waals surface area contributed by atoms with E-state index in [1.165, 1.54) is 31.2 Å². The van der Waals surface area contributed by atoms with Gasteiger partial charge in [-0.3, -0.25) is 0 Å². The number of anilines is 1. The van der Waals surface area contributed by atoms with Crippen LogP contribution in [0.4, 0.5) is 10.5 Å². The van der Waals surface area contributed by atoms with Gasteiger partial charge in [0.15, 0.2) is 0 Å². The van der Waals surface area contributed by atoms with Gasteiger partial charge in [-0.2, -0.15) is 11.8 Å². The fourth-order valence-corrected chi connectivity index (χ4v) is 5.34. The van der Waals surface area contributed by atoms with E-state index in [1.54, 1.807) is 0 Å². The normalized spacial score (nSPS) is 26.8. The number of urea groups is 1. The molecule has 0 aromatic heterocycles. The van der Waals surface area contributed by atoms with Gasteiger partial charge in [0.25, 0.3) is 0 Å². The third-order valence-electron chi connectivity index (χ3n) is 5.49. The van der Waals surface area contributed by atoms with Crippen molar-refractivity contribution in [3.05, 3.63) is 29.8 Å². The predicted molar refractivity (Wildman–Crippen MR) is 98.4 cm³/mol. The molecule has 2 heterocycles. The number of ether oxygens (including phenoxy) is 1. The average Bonchev–Trinajstić information content (AvgIpc) is 3.30. The van der Waals surface area contributed by atoms with Crippen LogP contribution < -0.4 is 5.32 Å². The number of amides is 2. The van der Waals surface area contributed by atoms with Crippen molar-refractivity contribution in [2.24, 2.45) is 11.8 Å². The Morgan fingerprint density at radius 3 is 2.71 bits per heavy atom. The van der Waals surface area contributed by atoms with Gasteiger partial charge in [0.05, 0.1) is 13.2 Å². The molecule has 2 saturated heterocycles. The van der Waals surface area contributed by atoms with Crippen LogP contribution in [0.25, 0.3) is 0 Å². The zero-order chi connectivity index (χ0) is 16.4. The van der Waals surface area contributed by atoms with Crippen molar-refractivity contribution in [2.75, 3.05) is 31.6 Å². The lowest BCUT2D eigenvalue weighted by Crippen LogP contribution is -2.34. The Hall–Kier alpha value is -1.20. The highest BCUT2D eigenvalue weighted by Gasteiger charge is 2.39. The maximum atomic E-state index is 12.5. The molecular weight excluding hydrogens is 320 g/mol. The maximum absolute atomic E-state index is 12.5. The standard InChI is InChI=1S/C19H26N2O2S/c22-19(21-9-15-11-23-12-16(15)10-21)20-17-5-3-4-14(8-17)13-24-18-6-1-2-7-18/h3-5,8,15-16,18H,1-2,6-7,9-13H2,(H,20,22)/t15-,16+. The number of nitrogens with one attached hydrogen (secondary N) is 1. The Morgan fingerprint density at radius 1 is 1.21 bits per heavy atom. The van der Waals surface area contributed by atoms with Gasteiger partial charge in [-0.05, 0) is 30.5 Å². The number of rotatable bonds is 4. The second-order valence-electron chi connectivity index (χ2n) is 7.31. The lowest BCUT2D eigenvalue weighted by Gasteiger charge is -2.18. The SMILES string of the molecule is O=C(Nc1cccc(CSC2CCCC2)c1)N1C[C@H]2COC[C@H]2C1. The summed E-state index contributed by atoms with van der Waals surface area (Å²) in [6.07, 6.45) is 5.50. The Bertz CT molecular complexity index is 576. The molecule has 1 N–H and O–H groups in total. The minimum absolute atomic E-state index is 0.0324. The fourth-order valence-electron chi connectivity index (χ4n) is 4.06. The van der Waals surface area contributed by atoms with Crippen molar-refractivity contribution >= 4 is 23.5 Å². The maximum Gasteiger partial charge on any atom is 0.321 e. The smallest absolute Gasteiger partial charge is 0.321 e. The molecular formula is C19H26N2O2S. The molecule has 2 amide bonds. The van der Waals surface area contributed by atoms with E-state index in [-0.39, 0.29) is 6.03 Å². The summed E-state index contributed by atoms with van der Waals surface area (Å²) in [4.78, 5) is 14.4. The average molecular weight is 346 g/mol. The monoisotopic (exact) mass is 346 g/mol. The first-order chi connectivity index (χ1) is 11.8. The molecule has 0 spiro atoms. The quantitative estimate of drug-likeness (QED) is 0.897. The lowest BCUT2D eigenvalue weighted by atomic mass is 10.0. The van der Waals surface area contributed by atoms with Crippen LogP contribution >= 0.6 is 11.8 Å². The second kappa shape index (κ2) is 7.36. The first-order valence-corrected chi connectivity index (χ1v) is 10.2. The molecule has 0 radical (unpaired) electrons. The first kappa shape index (κ1) is 16.3. The third kappa shape index (κ3) is 3.72. The molecule has 3 aliphatic rings. The van der Waals surface area contributed by atoms with E-state index in [0.717, 1.165) is 43.0 Å². The van der Waals surface area contributed by atoms with E-state index in [9.17, 15) is 4.79 Å². The van der Waals surface area contributed by atoms with Crippen molar-refractivity contribution in [2.45, 2.75) is 36.7 Å². The van der Waals surface area contributed by atoms with Crippen LogP contribution in [-0.4, -0.2) is 42.5 Å². The molecule has 24 heavy (non-hydrogen) atoms. The number of benzene rings is 1. The highest BCUT2D eigenvalue weighted by atomic mass is 32.2. The zero-order valence-corrected chi connectivity index (χ0v) is 14.9. The molecule has 5 heteroatoms. The van der Waals surface area contributed by atoms with Crippen LogP contribution in [0.5, 0.6) is 0 Å². The third-order valence-corrected chi connectivity index (χ3v) is 6.94. The van der Waals surface area contributed by atoms with Crippen LogP contribution in [0.1, 0.15) is 31.2 Å². The van der Waals surface area contributed by atoms with Gasteiger partial charge in [-0.25, -0.2) is 4.79 Å². The van der Waals surface area contributed by atoms with Crippen molar-refractivity contribution in [3.63, 3.8) is 0 Å². The van der Waals surface area contributed by atoms with Crippen molar-refractivity contribution in [1.82, 2.24) is 4.90 Å². The van der Waals surface area contributed by atoms with E-state index in [0.29, 0.717) is 11.8 Å². The number of carbonyl (C=O) groups excluding carboxylic acids is 1. The summed E-state index contributed by atoms with van der Waals surface area (Å²) in [5, 5.41) is 3.91. The highest BCUT2D eigenvalue weighted by Crippen LogP contribution is 2.32. The zero-order valence-electron chi connectivity index (χ0n) is 14.1. The summed E-state index contributed by atoms with van der Waals surface area (Å²) in [6, 6.07) is 8.36. The summed E-state index contributed by atoms with van der Waals surface area (Å²) in [5.41, 5.74) is 2.22. The molecule has 4 nitrogen and oxygen atoms in total. The molecule has 0 unspecified atom stereocenters. The predicted octanol–water partition coefficient (Wildman–Crippen LogP) is 3.97. The van der Waals surface area contributed by atoms with Crippen molar-refractivity contribution in [1.29, 1.82) is 0 Å². The number of thioether (sulfide) groups is 1. The number of hydrogen-bond acceptors (Lipinski definition) is 3. The number of likely N-dealkylation sites (tertiary alicyclic amines) is 1. The van der Waals surface area contributed by atoms with E-state index in [2.05, 4.69) is 29.2 Å². The molecule has 130 valence electrons. The van der Waals surface area contributed by atoms with Gasteiger partial charge in [-0.1, -0.05) is 25.0 Å². The summed E-state index contributed by atoms with van der Waals surface area (Å²) < 4.78 is 5.48. The summed E-state index contributed by atoms with van der Waals surface area (Å²) in [7, 11) is 0. The van der Waals surface area contributed by atoms with E-state index >= 15 is 0 Å². The van der Waals surface area contributed by atoms with Gasteiger partial charge in [0.2, 0.25) is 0 Å². The van der Waals surface area contributed by atoms with Crippen molar-refractivity contribution in [3.8, 4) is 0 Å². The molecule has 0 bridgehead atoms.